The van der Waals surface area contributed by atoms with Gasteiger partial charge in [0.1, 0.15) is 17.9 Å². The summed E-state index contributed by atoms with van der Waals surface area (Å²) in [5, 5.41) is 12.5. The van der Waals surface area contributed by atoms with Crippen molar-refractivity contribution in [3.8, 4) is 5.75 Å². The van der Waals surface area contributed by atoms with Gasteiger partial charge in [-0.1, -0.05) is 24.3 Å². The van der Waals surface area contributed by atoms with Crippen molar-refractivity contribution >= 4 is 24.3 Å². The highest BCUT2D eigenvalue weighted by Gasteiger charge is 2.51. The van der Waals surface area contributed by atoms with Crippen molar-refractivity contribution in [3.63, 3.8) is 0 Å². The van der Waals surface area contributed by atoms with Gasteiger partial charge in [0.15, 0.2) is 0 Å². The summed E-state index contributed by atoms with van der Waals surface area (Å²) in [5.74, 6) is -0.120. The van der Waals surface area contributed by atoms with Gasteiger partial charge < -0.3 is 19.9 Å². The fraction of sp³-hybridized carbons (Fsp3) is 0.462. The predicted molar refractivity (Wildman–Crippen MR) is 132 cm³/mol. The maximum Gasteiger partial charge on any atom is 0.335 e. The molecule has 4 rings (SSSR count). The van der Waals surface area contributed by atoms with E-state index in [0.717, 1.165) is 29.7 Å². The van der Waals surface area contributed by atoms with Crippen molar-refractivity contribution in [3.05, 3.63) is 65.2 Å². The van der Waals surface area contributed by atoms with E-state index in [1.165, 1.54) is 0 Å². The van der Waals surface area contributed by atoms with Crippen LogP contribution in [0.25, 0.3) is 0 Å². The van der Waals surface area contributed by atoms with E-state index in [0.29, 0.717) is 39.2 Å². The van der Waals surface area contributed by atoms with E-state index >= 15 is 0 Å². The molecule has 7 nitrogen and oxygen atoms in total. The van der Waals surface area contributed by atoms with Crippen LogP contribution < -0.4 is 10.1 Å². The van der Waals surface area contributed by atoms with Crippen molar-refractivity contribution in [2.75, 3.05) is 33.4 Å². The second-order valence-corrected chi connectivity index (χ2v) is 9.15. The fourth-order valence-corrected chi connectivity index (χ4v) is 4.59. The minimum absolute atomic E-state index is 0. The molecule has 1 amide bonds. The summed E-state index contributed by atoms with van der Waals surface area (Å²) < 4.78 is 11.5. The first kappa shape index (κ1) is 26.0. The summed E-state index contributed by atoms with van der Waals surface area (Å²) in [6.45, 7) is 4.20. The van der Waals surface area contributed by atoms with Gasteiger partial charge in [-0.2, -0.15) is 0 Å². The maximum atomic E-state index is 13.7. The van der Waals surface area contributed by atoms with E-state index in [-0.39, 0.29) is 23.9 Å². The number of aryl methyl sites for hydroxylation is 1. The molecule has 1 saturated carbocycles. The number of rotatable bonds is 9. The lowest BCUT2D eigenvalue weighted by atomic mass is 9.86. The molecule has 0 atom stereocenters. The number of likely N-dealkylation sites (N-methyl/N-ethyl adjacent to an activating group) is 1. The van der Waals surface area contributed by atoms with Crippen molar-refractivity contribution in [1.82, 2.24) is 10.2 Å². The van der Waals surface area contributed by atoms with Crippen LogP contribution in [0.2, 0.25) is 0 Å². The molecule has 2 aromatic rings. The maximum absolute atomic E-state index is 13.7. The van der Waals surface area contributed by atoms with Crippen molar-refractivity contribution < 1.29 is 24.2 Å². The van der Waals surface area contributed by atoms with Crippen molar-refractivity contribution in [2.24, 2.45) is 0 Å². The highest BCUT2D eigenvalue weighted by Crippen LogP contribution is 2.46. The average Bonchev–Trinajstić information content (AvgIpc) is 3.60. The number of hydrogen-bond acceptors (Lipinski definition) is 5. The number of hydrogen-bond donors (Lipinski definition) is 2. The number of carboxylic acids is 1. The molecule has 34 heavy (non-hydrogen) atoms. The number of ether oxygens (including phenoxy) is 2. The lowest BCUT2D eigenvalue weighted by molar-refractivity contribution is -0.140. The normalized spacial score (nSPS) is 18.0. The van der Waals surface area contributed by atoms with Crippen LogP contribution >= 0.6 is 12.4 Å². The smallest absolute Gasteiger partial charge is 0.335 e. The highest BCUT2D eigenvalue weighted by molar-refractivity contribution is 5.88. The molecule has 0 bridgehead atoms. The fourth-order valence-electron chi connectivity index (χ4n) is 4.59. The number of nitrogens with zero attached hydrogens (tertiary/aromatic N) is 1. The molecule has 1 aliphatic heterocycles. The Kier molecular flexibility index (Phi) is 8.23. The summed E-state index contributed by atoms with van der Waals surface area (Å²) >= 11 is 0. The number of amides is 1. The Morgan fingerprint density at radius 3 is 2.35 bits per heavy atom. The third-order valence-corrected chi connectivity index (χ3v) is 6.95. The Hall–Kier alpha value is -2.61. The zero-order valence-corrected chi connectivity index (χ0v) is 20.5. The minimum Gasteiger partial charge on any atom is -0.492 e. The number of aromatic carboxylic acids is 1. The Balaban J connectivity index is 0.00000324. The van der Waals surface area contributed by atoms with Crippen LogP contribution in [0.5, 0.6) is 5.75 Å². The molecular formula is C26H33ClN2O5. The van der Waals surface area contributed by atoms with E-state index in [1.807, 2.05) is 50.4 Å². The Labute approximate surface area is 206 Å². The molecule has 0 unspecified atom stereocenters. The van der Waals surface area contributed by atoms with Gasteiger partial charge in [-0.3, -0.25) is 9.69 Å². The first-order valence-electron chi connectivity index (χ1n) is 11.5. The third kappa shape index (κ3) is 5.54. The first-order valence-corrected chi connectivity index (χ1v) is 11.5. The Morgan fingerprint density at radius 1 is 1.09 bits per heavy atom. The van der Waals surface area contributed by atoms with E-state index in [1.54, 1.807) is 12.1 Å². The molecule has 2 fully saturated rings. The average molecular weight is 489 g/mol. The lowest BCUT2D eigenvalue weighted by Crippen LogP contribution is -2.62. The van der Waals surface area contributed by atoms with Gasteiger partial charge in [-0.25, -0.2) is 4.79 Å². The van der Waals surface area contributed by atoms with Crippen LogP contribution in [0.15, 0.2) is 48.5 Å². The molecule has 8 heteroatoms. The molecule has 0 radical (unpaired) electrons. The predicted octanol–water partition coefficient (Wildman–Crippen LogP) is 3.78. The molecule has 184 valence electrons. The number of nitrogens with one attached hydrogen (secondary N) is 1. The molecule has 2 aromatic carbocycles. The topological polar surface area (TPSA) is 88.1 Å². The van der Waals surface area contributed by atoms with Crippen molar-refractivity contribution in [1.29, 1.82) is 0 Å². The molecule has 0 aromatic heterocycles. The van der Waals surface area contributed by atoms with E-state index in [9.17, 15) is 9.59 Å². The van der Waals surface area contributed by atoms with Gasteiger partial charge in [-0.05, 0) is 75.0 Å². The quantitative estimate of drug-likeness (QED) is 0.558. The molecule has 1 heterocycles. The lowest BCUT2D eigenvalue weighted by Gasteiger charge is -2.43. The van der Waals surface area contributed by atoms with E-state index in [2.05, 4.69) is 10.2 Å². The van der Waals surface area contributed by atoms with Gasteiger partial charge in [-0.15, -0.1) is 12.4 Å². The minimum atomic E-state index is -0.953. The second-order valence-electron chi connectivity index (χ2n) is 9.15. The summed E-state index contributed by atoms with van der Waals surface area (Å²) in [6, 6.07) is 14.8. The number of halogens is 1. The van der Waals surface area contributed by atoms with Gasteiger partial charge >= 0.3 is 5.97 Å². The summed E-state index contributed by atoms with van der Waals surface area (Å²) in [7, 11) is 1.98. The second kappa shape index (κ2) is 10.8. The molecule has 1 saturated heterocycles. The molecule has 0 spiro atoms. The monoisotopic (exact) mass is 488 g/mol. The summed E-state index contributed by atoms with van der Waals surface area (Å²) in [4.78, 5) is 27.0. The number of carbonyl (C=O) groups is 2. The van der Waals surface area contributed by atoms with Crippen LogP contribution in [0.4, 0.5) is 0 Å². The number of benzene rings is 2. The zero-order valence-electron chi connectivity index (χ0n) is 19.7. The van der Waals surface area contributed by atoms with E-state index < -0.39 is 17.0 Å². The number of carbonyl (C=O) groups excluding carboxylic acids is 1. The number of carboxylic acid groups (broad SMARTS) is 1. The van der Waals surface area contributed by atoms with Gasteiger partial charge in [0, 0.05) is 19.8 Å². The molecule has 1 aliphatic carbocycles. The van der Waals surface area contributed by atoms with Gasteiger partial charge in [0.2, 0.25) is 5.91 Å². The first-order chi connectivity index (χ1) is 15.8. The van der Waals surface area contributed by atoms with Gasteiger partial charge in [0.25, 0.3) is 0 Å². The third-order valence-electron chi connectivity index (χ3n) is 6.95. The van der Waals surface area contributed by atoms with Crippen LogP contribution in [-0.4, -0.2) is 60.8 Å². The summed E-state index contributed by atoms with van der Waals surface area (Å²) in [6.07, 6.45) is 2.93. The Morgan fingerprint density at radius 2 is 1.76 bits per heavy atom. The highest BCUT2D eigenvalue weighted by atomic mass is 35.5. The standard InChI is InChI=1S/C26H32N2O5.ClH/c1-19-4-3-5-22(18-19)33-17-14-28(2)26(12-15-32-16-13-26)24(31)27-25(10-11-25)21-8-6-20(7-9-21)23(29)30;/h3-9,18H,10-17H2,1-2H3,(H,27,31)(H,29,30);1H. The molecule has 2 aliphatic rings. The van der Waals surface area contributed by atoms with Crippen LogP contribution in [0.3, 0.4) is 0 Å². The van der Waals surface area contributed by atoms with Gasteiger partial charge in [0.05, 0.1) is 11.1 Å². The van der Waals surface area contributed by atoms with Crippen LogP contribution in [-0.2, 0) is 15.1 Å². The van der Waals surface area contributed by atoms with Crippen LogP contribution in [0, 0.1) is 6.92 Å². The molecular weight excluding hydrogens is 456 g/mol. The zero-order chi connectivity index (χ0) is 23.5. The Bertz CT molecular complexity index is 1000. The van der Waals surface area contributed by atoms with E-state index in [4.69, 9.17) is 14.6 Å². The molecule has 2 N–H and O–H groups in total. The van der Waals surface area contributed by atoms with Crippen molar-refractivity contribution in [2.45, 2.75) is 43.7 Å². The van der Waals surface area contributed by atoms with Crippen LogP contribution in [0.1, 0.15) is 47.2 Å². The SMILES string of the molecule is Cc1cccc(OCCN(C)C2(C(=O)NC3(c4ccc(C(=O)O)cc4)CC3)CCOCC2)c1.Cl. The summed E-state index contributed by atoms with van der Waals surface area (Å²) in [5.41, 5.74) is 1.26. The largest absolute Gasteiger partial charge is 0.492 e.